The van der Waals surface area contributed by atoms with Crippen molar-refractivity contribution in [1.82, 2.24) is 14.3 Å². The molecule has 3 aromatic rings. The molecule has 3 amide bonds. The van der Waals surface area contributed by atoms with Gasteiger partial charge in [-0.25, -0.2) is 4.68 Å². The van der Waals surface area contributed by atoms with Gasteiger partial charge in [0.15, 0.2) is 0 Å². The summed E-state index contributed by atoms with van der Waals surface area (Å²) in [5, 5.41) is 5.62. The first-order chi connectivity index (χ1) is 17.3. The number of rotatable bonds is 6. The van der Waals surface area contributed by atoms with Gasteiger partial charge in [-0.2, -0.15) is 0 Å². The van der Waals surface area contributed by atoms with E-state index in [1.807, 2.05) is 37.3 Å². The van der Waals surface area contributed by atoms with Crippen LogP contribution >= 0.6 is 0 Å². The van der Waals surface area contributed by atoms with Crippen molar-refractivity contribution in [2.45, 2.75) is 33.1 Å². The second-order valence-corrected chi connectivity index (χ2v) is 8.99. The van der Waals surface area contributed by atoms with Crippen LogP contribution in [-0.4, -0.2) is 45.1 Å². The number of hydrogen-bond acceptors (Lipinski definition) is 4. The minimum Gasteiger partial charge on any atom is -0.342 e. The fourth-order valence-corrected chi connectivity index (χ4v) is 4.52. The van der Waals surface area contributed by atoms with E-state index >= 15 is 0 Å². The predicted octanol–water partition coefficient (Wildman–Crippen LogP) is 3.32. The summed E-state index contributed by atoms with van der Waals surface area (Å²) in [7, 11) is 1.76. The number of hydrogen-bond donors (Lipinski definition) is 2. The number of carbonyl (C=O) groups excluding carboxylic acids is 3. The molecule has 2 N–H and O–H groups in total. The zero-order valence-corrected chi connectivity index (χ0v) is 20.8. The van der Waals surface area contributed by atoms with Gasteiger partial charge < -0.3 is 15.5 Å². The van der Waals surface area contributed by atoms with Gasteiger partial charge >= 0.3 is 0 Å². The van der Waals surface area contributed by atoms with Gasteiger partial charge in [0, 0.05) is 37.8 Å². The van der Waals surface area contributed by atoms with E-state index in [1.54, 1.807) is 47.8 Å². The average Bonchev–Trinajstić information content (AvgIpc) is 3.11. The third-order valence-electron chi connectivity index (χ3n) is 6.63. The molecule has 2 aromatic carbocycles. The highest BCUT2D eigenvalue weighted by Gasteiger charge is 2.28. The van der Waals surface area contributed by atoms with Crippen molar-refractivity contribution in [1.29, 1.82) is 0 Å². The molecule has 1 fully saturated rings. The van der Waals surface area contributed by atoms with E-state index in [0.717, 1.165) is 6.42 Å². The van der Waals surface area contributed by atoms with E-state index in [-0.39, 0.29) is 29.0 Å². The first-order valence-electron chi connectivity index (χ1n) is 12.1. The lowest BCUT2D eigenvalue weighted by Gasteiger charge is -2.31. The Morgan fingerprint density at radius 1 is 1.03 bits per heavy atom. The molecule has 0 aliphatic carbocycles. The van der Waals surface area contributed by atoms with Crippen molar-refractivity contribution in [2.75, 3.05) is 23.7 Å². The number of carbonyl (C=O) groups is 3. The first-order valence-corrected chi connectivity index (χ1v) is 12.1. The molecule has 1 saturated heterocycles. The maximum Gasteiger partial charge on any atom is 0.295 e. The zero-order valence-electron chi connectivity index (χ0n) is 20.8. The van der Waals surface area contributed by atoms with Crippen molar-refractivity contribution >= 4 is 29.1 Å². The van der Waals surface area contributed by atoms with Crippen LogP contribution in [0.4, 0.5) is 11.4 Å². The quantitative estimate of drug-likeness (QED) is 0.554. The van der Waals surface area contributed by atoms with E-state index in [2.05, 4.69) is 10.6 Å². The lowest BCUT2D eigenvalue weighted by Crippen LogP contribution is -2.43. The number of aromatic nitrogens is 2. The number of nitrogens with one attached hydrogen (secondary N) is 2. The monoisotopic (exact) mass is 489 g/mol. The number of likely N-dealkylation sites (tertiary alicyclic amines) is 1. The Kier molecular flexibility index (Phi) is 7.38. The Morgan fingerprint density at radius 3 is 2.50 bits per heavy atom. The Labute approximate surface area is 209 Å². The molecule has 0 spiro atoms. The molecule has 4 rings (SSSR count). The summed E-state index contributed by atoms with van der Waals surface area (Å²) in [6.07, 6.45) is 1.91. The van der Waals surface area contributed by atoms with E-state index in [0.29, 0.717) is 48.6 Å². The highest BCUT2D eigenvalue weighted by Crippen LogP contribution is 2.21. The third-order valence-corrected chi connectivity index (χ3v) is 6.63. The van der Waals surface area contributed by atoms with Crippen molar-refractivity contribution in [3.05, 3.63) is 76.2 Å². The average molecular weight is 490 g/mol. The highest BCUT2D eigenvalue weighted by atomic mass is 16.2. The normalized spacial score (nSPS) is 15.4. The van der Waals surface area contributed by atoms with E-state index in [4.69, 9.17) is 0 Å². The molecule has 0 saturated carbocycles. The van der Waals surface area contributed by atoms with Crippen molar-refractivity contribution in [3.63, 3.8) is 0 Å². The molecule has 2 heterocycles. The van der Waals surface area contributed by atoms with Gasteiger partial charge in [0.25, 0.3) is 11.5 Å². The Morgan fingerprint density at radius 2 is 1.78 bits per heavy atom. The van der Waals surface area contributed by atoms with Crippen LogP contribution in [0, 0.1) is 12.8 Å². The zero-order chi connectivity index (χ0) is 25.8. The van der Waals surface area contributed by atoms with Crippen LogP contribution in [0.2, 0.25) is 0 Å². The Balaban J connectivity index is 1.48. The maximum absolute atomic E-state index is 13.1. The summed E-state index contributed by atoms with van der Waals surface area (Å²) in [5.74, 6) is -0.871. The van der Waals surface area contributed by atoms with Gasteiger partial charge in [-0.3, -0.25) is 23.9 Å². The lowest BCUT2D eigenvalue weighted by atomic mass is 9.96. The van der Waals surface area contributed by atoms with Crippen molar-refractivity contribution < 1.29 is 14.4 Å². The number of nitrogens with zero attached hydrogens (tertiary/aromatic N) is 3. The molecular formula is C27H31N5O4. The molecule has 1 unspecified atom stereocenters. The van der Waals surface area contributed by atoms with Gasteiger partial charge in [-0.1, -0.05) is 31.2 Å². The van der Waals surface area contributed by atoms with Gasteiger partial charge in [0.1, 0.15) is 5.69 Å². The second-order valence-electron chi connectivity index (χ2n) is 8.99. The van der Waals surface area contributed by atoms with Crippen LogP contribution in [0.3, 0.4) is 0 Å². The summed E-state index contributed by atoms with van der Waals surface area (Å²) < 4.78 is 3.19. The summed E-state index contributed by atoms with van der Waals surface area (Å²) in [5.41, 5.74) is 1.97. The minimum absolute atomic E-state index is 0.0497. The summed E-state index contributed by atoms with van der Waals surface area (Å²) in [6.45, 7) is 4.66. The summed E-state index contributed by atoms with van der Waals surface area (Å²) >= 11 is 0. The molecule has 0 radical (unpaired) electrons. The summed E-state index contributed by atoms with van der Waals surface area (Å²) in [4.78, 5) is 52.8. The minimum atomic E-state index is -0.450. The van der Waals surface area contributed by atoms with Crippen molar-refractivity contribution in [3.8, 4) is 5.69 Å². The number of amides is 3. The number of piperidine rings is 1. The highest BCUT2D eigenvalue weighted by molar-refractivity contribution is 6.05. The number of anilines is 2. The fourth-order valence-electron chi connectivity index (χ4n) is 4.52. The first kappa shape index (κ1) is 25.0. The van der Waals surface area contributed by atoms with E-state index < -0.39 is 5.91 Å². The fraction of sp³-hybridized carbons (Fsp3) is 0.333. The van der Waals surface area contributed by atoms with Crippen LogP contribution in [0.15, 0.2) is 59.4 Å². The van der Waals surface area contributed by atoms with Crippen LogP contribution in [-0.2, 0) is 16.6 Å². The van der Waals surface area contributed by atoms with Crippen LogP contribution in [0.1, 0.15) is 42.2 Å². The molecule has 1 aliphatic heterocycles. The van der Waals surface area contributed by atoms with Gasteiger partial charge in [0.2, 0.25) is 11.8 Å². The third kappa shape index (κ3) is 5.10. The molecule has 9 heteroatoms. The molecule has 1 atom stereocenters. The van der Waals surface area contributed by atoms with Gasteiger partial charge in [-0.15, -0.1) is 0 Å². The molecule has 1 aliphatic rings. The lowest BCUT2D eigenvalue weighted by molar-refractivity contribution is -0.134. The van der Waals surface area contributed by atoms with Crippen LogP contribution in [0.25, 0.3) is 5.69 Å². The molecule has 1 aromatic heterocycles. The number of benzene rings is 2. The Bertz CT molecular complexity index is 1340. The number of para-hydroxylation sites is 1. The molecule has 9 nitrogen and oxygen atoms in total. The SMILES string of the molecule is CCC(=O)N1CCCC(C(=O)Nc2cccc(C(=O)Nc3c(C)n(C)n(-c4ccccc4)c3=O)c2)C1. The maximum atomic E-state index is 13.1. The topological polar surface area (TPSA) is 105 Å². The van der Waals surface area contributed by atoms with Gasteiger partial charge in [0.05, 0.1) is 17.3 Å². The largest absolute Gasteiger partial charge is 0.342 e. The second kappa shape index (κ2) is 10.6. The van der Waals surface area contributed by atoms with Crippen molar-refractivity contribution in [2.24, 2.45) is 13.0 Å². The van der Waals surface area contributed by atoms with Crippen LogP contribution < -0.4 is 16.2 Å². The van der Waals surface area contributed by atoms with E-state index in [9.17, 15) is 19.2 Å². The Hall–Kier alpha value is -4.14. The summed E-state index contributed by atoms with van der Waals surface area (Å²) in [6, 6.07) is 15.8. The molecule has 188 valence electrons. The smallest absolute Gasteiger partial charge is 0.295 e. The standard InChI is InChI=1S/C27H31N5O4/c1-4-23(33)31-15-9-11-20(17-31)26(35)28-21-12-8-10-19(16-21)25(34)29-24-18(2)30(3)32(27(24)36)22-13-6-5-7-14-22/h5-8,10,12-14,16,20H,4,9,11,15,17H2,1-3H3,(H,28,35)(H,29,34). The molecule has 0 bridgehead atoms. The van der Waals surface area contributed by atoms with E-state index in [1.165, 1.54) is 4.68 Å². The molecule has 36 heavy (non-hydrogen) atoms. The van der Waals surface area contributed by atoms with Gasteiger partial charge in [-0.05, 0) is 50.1 Å². The predicted molar refractivity (Wildman–Crippen MR) is 138 cm³/mol. The van der Waals surface area contributed by atoms with Crippen LogP contribution in [0.5, 0.6) is 0 Å². The molecular weight excluding hydrogens is 458 g/mol.